The lowest BCUT2D eigenvalue weighted by molar-refractivity contribution is 0.493. The van der Waals surface area contributed by atoms with Crippen LogP contribution in [0.2, 0.25) is 0 Å². The average molecular weight is 255 g/mol. The van der Waals surface area contributed by atoms with Crippen LogP contribution < -0.4 is 10.2 Å². The maximum absolute atomic E-state index is 4.48. The van der Waals surface area contributed by atoms with Crippen molar-refractivity contribution in [3.63, 3.8) is 0 Å². The largest absolute Gasteiger partial charge is 0.336 e. The molecule has 5 heteroatoms. The minimum Gasteiger partial charge on any atom is -0.336 e. The van der Waals surface area contributed by atoms with E-state index in [1.54, 1.807) is 6.20 Å². The Morgan fingerprint density at radius 2 is 2.05 bits per heavy atom. The van der Waals surface area contributed by atoms with E-state index in [1.165, 1.54) is 0 Å². The second-order valence-electron chi connectivity index (χ2n) is 4.73. The van der Waals surface area contributed by atoms with Gasteiger partial charge in [0.2, 0.25) is 5.95 Å². The molecule has 1 N–H and O–H groups in total. The number of piperazine rings is 1. The molecular weight excluding hydrogens is 238 g/mol. The van der Waals surface area contributed by atoms with Crippen LogP contribution in [0.3, 0.4) is 0 Å². The Bertz CT molecular complexity index is 525. The lowest BCUT2D eigenvalue weighted by Crippen LogP contribution is -2.50. The van der Waals surface area contributed by atoms with Crippen LogP contribution in [-0.4, -0.2) is 40.6 Å². The molecule has 0 bridgehead atoms. The monoisotopic (exact) mass is 255 g/mol. The summed E-state index contributed by atoms with van der Waals surface area (Å²) in [5.74, 6) is 0.800. The quantitative estimate of drug-likeness (QED) is 0.877. The standard InChI is InChI=1S/C14H17N5/c1-11-8-15-6-7-19(11)14-17-9-12(10-18-14)13-4-2-3-5-16-13/h2-5,9-11,15H,6-8H2,1H3. The molecule has 19 heavy (non-hydrogen) atoms. The van der Waals surface area contributed by atoms with Crippen molar-refractivity contribution in [3.8, 4) is 11.3 Å². The van der Waals surface area contributed by atoms with Crippen LogP contribution in [0.15, 0.2) is 36.8 Å². The predicted molar refractivity (Wildman–Crippen MR) is 74.9 cm³/mol. The number of nitrogens with zero attached hydrogens (tertiary/aromatic N) is 4. The maximum atomic E-state index is 4.48. The summed E-state index contributed by atoms with van der Waals surface area (Å²) in [7, 11) is 0. The van der Waals surface area contributed by atoms with Crippen molar-refractivity contribution >= 4 is 5.95 Å². The molecule has 1 aliphatic rings. The van der Waals surface area contributed by atoms with Crippen LogP contribution in [-0.2, 0) is 0 Å². The van der Waals surface area contributed by atoms with Gasteiger partial charge in [-0.1, -0.05) is 6.07 Å². The minimum atomic E-state index is 0.425. The number of hydrogen-bond donors (Lipinski definition) is 1. The highest BCUT2D eigenvalue weighted by Gasteiger charge is 2.20. The van der Waals surface area contributed by atoms with Gasteiger partial charge in [-0.2, -0.15) is 0 Å². The van der Waals surface area contributed by atoms with Gasteiger partial charge in [-0.15, -0.1) is 0 Å². The van der Waals surface area contributed by atoms with E-state index in [4.69, 9.17) is 0 Å². The molecule has 0 spiro atoms. The summed E-state index contributed by atoms with van der Waals surface area (Å²) < 4.78 is 0. The molecule has 0 radical (unpaired) electrons. The molecule has 98 valence electrons. The van der Waals surface area contributed by atoms with Crippen molar-refractivity contribution in [2.75, 3.05) is 24.5 Å². The SMILES string of the molecule is CC1CNCCN1c1ncc(-c2ccccn2)cn1. The third kappa shape index (κ3) is 2.56. The molecule has 1 fully saturated rings. The van der Waals surface area contributed by atoms with Crippen LogP contribution in [0.4, 0.5) is 5.95 Å². The molecule has 0 saturated carbocycles. The Morgan fingerprint density at radius 3 is 2.74 bits per heavy atom. The zero-order chi connectivity index (χ0) is 13.1. The van der Waals surface area contributed by atoms with Crippen molar-refractivity contribution in [3.05, 3.63) is 36.8 Å². The van der Waals surface area contributed by atoms with E-state index in [2.05, 4.69) is 32.1 Å². The number of anilines is 1. The van der Waals surface area contributed by atoms with Crippen molar-refractivity contribution < 1.29 is 0 Å². The molecule has 0 amide bonds. The zero-order valence-electron chi connectivity index (χ0n) is 11.0. The first-order valence-electron chi connectivity index (χ1n) is 6.55. The molecule has 0 aliphatic carbocycles. The molecule has 3 heterocycles. The summed E-state index contributed by atoms with van der Waals surface area (Å²) in [6, 6.07) is 6.26. The van der Waals surface area contributed by atoms with E-state index in [9.17, 15) is 0 Å². The van der Waals surface area contributed by atoms with E-state index in [1.807, 2.05) is 30.6 Å². The van der Waals surface area contributed by atoms with E-state index < -0.39 is 0 Å². The summed E-state index contributed by atoms with van der Waals surface area (Å²) in [5.41, 5.74) is 1.86. The minimum absolute atomic E-state index is 0.425. The fourth-order valence-corrected chi connectivity index (χ4v) is 2.27. The highest BCUT2D eigenvalue weighted by Crippen LogP contribution is 2.17. The number of aromatic nitrogens is 3. The van der Waals surface area contributed by atoms with E-state index in [0.29, 0.717) is 6.04 Å². The van der Waals surface area contributed by atoms with Crippen molar-refractivity contribution in [2.45, 2.75) is 13.0 Å². The molecule has 1 aliphatic heterocycles. The Hall–Kier alpha value is -2.01. The molecule has 0 aromatic carbocycles. The van der Waals surface area contributed by atoms with Gasteiger partial charge in [0, 0.05) is 49.8 Å². The Labute approximate surface area is 112 Å². The Morgan fingerprint density at radius 1 is 1.21 bits per heavy atom. The topological polar surface area (TPSA) is 53.9 Å². The van der Waals surface area contributed by atoms with Crippen molar-refractivity contribution in [1.82, 2.24) is 20.3 Å². The van der Waals surface area contributed by atoms with E-state index >= 15 is 0 Å². The lowest BCUT2D eigenvalue weighted by Gasteiger charge is -2.33. The molecule has 1 saturated heterocycles. The summed E-state index contributed by atoms with van der Waals surface area (Å²) in [5, 5.41) is 3.36. The second-order valence-corrected chi connectivity index (χ2v) is 4.73. The van der Waals surface area contributed by atoms with Crippen LogP contribution >= 0.6 is 0 Å². The van der Waals surface area contributed by atoms with Gasteiger partial charge in [-0.3, -0.25) is 4.98 Å². The fourth-order valence-electron chi connectivity index (χ4n) is 2.27. The van der Waals surface area contributed by atoms with Crippen molar-refractivity contribution in [2.24, 2.45) is 0 Å². The highest BCUT2D eigenvalue weighted by molar-refractivity contribution is 5.57. The summed E-state index contributed by atoms with van der Waals surface area (Å²) in [6.07, 6.45) is 5.47. The van der Waals surface area contributed by atoms with Crippen LogP contribution in [0.1, 0.15) is 6.92 Å². The molecular formula is C14H17N5. The molecule has 5 nitrogen and oxygen atoms in total. The first-order valence-corrected chi connectivity index (χ1v) is 6.55. The third-order valence-electron chi connectivity index (χ3n) is 3.36. The first kappa shape index (κ1) is 12.0. The summed E-state index contributed by atoms with van der Waals surface area (Å²) in [4.78, 5) is 15.5. The second kappa shape index (κ2) is 5.32. The van der Waals surface area contributed by atoms with Gasteiger partial charge in [0.05, 0.1) is 5.69 Å². The smallest absolute Gasteiger partial charge is 0.225 e. The lowest BCUT2D eigenvalue weighted by atomic mass is 10.2. The number of hydrogen-bond acceptors (Lipinski definition) is 5. The Kier molecular flexibility index (Phi) is 3.37. The molecule has 3 rings (SSSR count). The summed E-state index contributed by atoms with van der Waals surface area (Å²) in [6.45, 7) is 5.09. The van der Waals surface area contributed by atoms with Crippen molar-refractivity contribution in [1.29, 1.82) is 0 Å². The van der Waals surface area contributed by atoms with E-state index in [0.717, 1.165) is 36.8 Å². The van der Waals surface area contributed by atoms with Crippen LogP contribution in [0, 0.1) is 0 Å². The molecule has 1 atom stereocenters. The van der Waals surface area contributed by atoms with Gasteiger partial charge in [-0.25, -0.2) is 9.97 Å². The van der Waals surface area contributed by atoms with Crippen LogP contribution in [0.5, 0.6) is 0 Å². The van der Waals surface area contributed by atoms with Gasteiger partial charge in [0.1, 0.15) is 0 Å². The maximum Gasteiger partial charge on any atom is 0.225 e. The zero-order valence-corrected chi connectivity index (χ0v) is 11.0. The number of rotatable bonds is 2. The molecule has 2 aromatic heterocycles. The van der Waals surface area contributed by atoms with Gasteiger partial charge in [0.15, 0.2) is 0 Å². The van der Waals surface area contributed by atoms with Gasteiger partial charge in [-0.05, 0) is 19.1 Å². The first-order chi connectivity index (χ1) is 9.34. The number of nitrogens with one attached hydrogen (secondary N) is 1. The third-order valence-corrected chi connectivity index (χ3v) is 3.36. The predicted octanol–water partition coefficient (Wildman–Crippen LogP) is 1.34. The highest BCUT2D eigenvalue weighted by atomic mass is 15.3. The average Bonchev–Trinajstić information content (AvgIpc) is 2.49. The number of pyridine rings is 1. The van der Waals surface area contributed by atoms with Crippen LogP contribution in [0.25, 0.3) is 11.3 Å². The van der Waals surface area contributed by atoms with Gasteiger partial charge < -0.3 is 10.2 Å². The molecule has 1 unspecified atom stereocenters. The molecule has 2 aromatic rings. The Balaban J connectivity index is 1.83. The van der Waals surface area contributed by atoms with E-state index in [-0.39, 0.29) is 0 Å². The summed E-state index contributed by atoms with van der Waals surface area (Å²) >= 11 is 0. The van der Waals surface area contributed by atoms with Gasteiger partial charge >= 0.3 is 0 Å². The van der Waals surface area contributed by atoms with Gasteiger partial charge in [0.25, 0.3) is 0 Å². The normalized spacial score (nSPS) is 19.4. The fraction of sp³-hybridized carbons (Fsp3) is 0.357.